The van der Waals surface area contributed by atoms with Gasteiger partial charge in [-0.25, -0.2) is 9.18 Å². The second-order valence-electron chi connectivity index (χ2n) is 6.57. The summed E-state index contributed by atoms with van der Waals surface area (Å²) in [5.41, 5.74) is 0.331. The number of thiophene rings is 1. The maximum Gasteiger partial charge on any atom is 0.324 e. The second-order valence-corrected chi connectivity index (χ2v) is 8.57. The molecule has 2 aromatic heterocycles. The first kappa shape index (κ1) is 21.7. The molecule has 32 heavy (non-hydrogen) atoms. The van der Waals surface area contributed by atoms with Crippen LogP contribution < -0.4 is 20.7 Å². The third-order valence-electron chi connectivity index (χ3n) is 4.33. The number of carbonyl (C=O) groups is 2. The minimum Gasteiger partial charge on any atom is -0.457 e. The van der Waals surface area contributed by atoms with Crippen LogP contribution in [0.5, 0.6) is 11.5 Å². The number of benzene rings is 2. The predicted molar refractivity (Wildman–Crippen MR) is 126 cm³/mol. The van der Waals surface area contributed by atoms with Crippen molar-refractivity contribution in [2.45, 2.75) is 0 Å². The van der Waals surface area contributed by atoms with Crippen LogP contribution in [-0.2, 0) is 0 Å². The quantitative estimate of drug-likeness (QED) is 0.304. The number of amides is 3. The van der Waals surface area contributed by atoms with Crippen LogP contribution in [0.25, 0.3) is 10.1 Å². The van der Waals surface area contributed by atoms with E-state index in [1.807, 2.05) is 18.2 Å². The molecule has 0 aliphatic rings. The van der Waals surface area contributed by atoms with Crippen LogP contribution in [0.3, 0.4) is 0 Å². The van der Waals surface area contributed by atoms with Crippen LogP contribution in [0.2, 0.25) is 0 Å². The van der Waals surface area contributed by atoms with Gasteiger partial charge in [0.1, 0.15) is 23.0 Å². The van der Waals surface area contributed by atoms with Crippen molar-refractivity contribution < 1.29 is 18.7 Å². The lowest BCUT2D eigenvalue weighted by Gasteiger charge is -2.07. The van der Waals surface area contributed by atoms with E-state index in [-0.39, 0.29) is 17.3 Å². The summed E-state index contributed by atoms with van der Waals surface area (Å²) < 4.78 is 21.2. The van der Waals surface area contributed by atoms with Crippen molar-refractivity contribution in [2.24, 2.45) is 0 Å². The highest BCUT2D eigenvalue weighted by atomic mass is 79.9. The predicted octanol–water partition coefficient (Wildman–Crippen LogP) is 5.99. The monoisotopic (exact) mass is 514 g/mol. The van der Waals surface area contributed by atoms with Crippen molar-refractivity contribution in [1.82, 2.24) is 10.3 Å². The molecule has 2 heterocycles. The number of pyridine rings is 1. The highest BCUT2D eigenvalue weighted by Crippen LogP contribution is 2.34. The number of aromatic nitrogens is 1. The number of halogens is 2. The summed E-state index contributed by atoms with van der Waals surface area (Å²) in [6, 6.07) is 14.3. The van der Waals surface area contributed by atoms with Gasteiger partial charge in [0.15, 0.2) is 0 Å². The summed E-state index contributed by atoms with van der Waals surface area (Å²) >= 11 is 4.53. The zero-order chi connectivity index (χ0) is 22.7. The summed E-state index contributed by atoms with van der Waals surface area (Å²) in [4.78, 5) is 28.0. The van der Waals surface area contributed by atoms with Gasteiger partial charge >= 0.3 is 6.03 Å². The zero-order valence-corrected chi connectivity index (χ0v) is 19.0. The molecule has 2 aromatic carbocycles. The number of nitrogens with one attached hydrogen (secondary N) is 3. The molecular formula is C22H16BrFN4O3S. The molecule has 3 amide bonds. The molecule has 0 spiro atoms. The molecule has 10 heteroatoms. The Bertz CT molecular complexity index is 1330. The minimum absolute atomic E-state index is 0.0796. The van der Waals surface area contributed by atoms with Crippen LogP contribution in [0, 0.1) is 5.82 Å². The molecule has 0 aliphatic carbocycles. The Morgan fingerprint density at radius 3 is 2.62 bits per heavy atom. The molecule has 3 N–H and O–H groups in total. The molecule has 0 unspecified atom stereocenters. The molecule has 4 aromatic rings. The van der Waals surface area contributed by atoms with E-state index in [1.165, 1.54) is 36.7 Å². The molecule has 7 nitrogen and oxygen atoms in total. The Kier molecular flexibility index (Phi) is 6.33. The third kappa shape index (κ3) is 5.04. The molecule has 162 valence electrons. The largest absolute Gasteiger partial charge is 0.457 e. The molecule has 0 aliphatic heterocycles. The van der Waals surface area contributed by atoms with Crippen molar-refractivity contribution >= 4 is 60.0 Å². The number of anilines is 2. The van der Waals surface area contributed by atoms with Crippen molar-refractivity contribution in [1.29, 1.82) is 0 Å². The number of urea groups is 1. The Morgan fingerprint density at radius 2 is 1.84 bits per heavy atom. The summed E-state index contributed by atoms with van der Waals surface area (Å²) in [6.45, 7) is 0. The van der Waals surface area contributed by atoms with E-state index in [0.29, 0.717) is 21.0 Å². The molecule has 0 radical (unpaired) electrons. The summed E-state index contributed by atoms with van der Waals surface area (Å²) in [7, 11) is 1.53. The Labute approximate surface area is 194 Å². The summed E-state index contributed by atoms with van der Waals surface area (Å²) in [5, 5.41) is 9.23. The Balaban J connectivity index is 1.47. The van der Waals surface area contributed by atoms with E-state index in [4.69, 9.17) is 4.74 Å². The van der Waals surface area contributed by atoms with Gasteiger partial charge in [-0.2, -0.15) is 0 Å². The van der Waals surface area contributed by atoms with Crippen LogP contribution in [0.15, 0.2) is 65.3 Å². The smallest absolute Gasteiger partial charge is 0.324 e. The van der Waals surface area contributed by atoms with Gasteiger partial charge in [-0.1, -0.05) is 15.9 Å². The van der Waals surface area contributed by atoms with Crippen molar-refractivity contribution in [3.63, 3.8) is 0 Å². The topological polar surface area (TPSA) is 92.4 Å². The van der Waals surface area contributed by atoms with E-state index < -0.39 is 11.8 Å². The van der Waals surface area contributed by atoms with Gasteiger partial charge in [0.05, 0.1) is 10.7 Å². The van der Waals surface area contributed by atoms with E-state index in [9.17, 15) is 14.0 Å². The van der Waals surface area contributed by atoms with Crippen molar-refractivity contribution in [3.8, 4) is 11.5 Å². The second kappa shape index (κ2) is 9.33. The van der Waals surface area contributed by atoms with Crippen LogP contribution in [-0.4, -0.2) is 24.0 Å². The van der Waals surface area contributed by atoms with Gasteiger partial charge in [0.25, 0.3) is 5.91 Å². The number of hydrogen-bond donors (Lipinski definition) is 3. The lowest BCUT2D eigenvalue weighted by atomic mass is 10.2. The van der Waals surface area contributed by atoms with Gasteiger partial charge in [-0.15, -0.1) is 11.3 Å². The maximum absolute atomic E-state index is 13.9. The summed E-state index contributed by atoms with van der Waals surface area (Å²) in [5.74, 6) is 0.203. The van der Waals surface area contributed by atoms with Crippen molar-refractivity contribution in [2.75, 3.05) is 17.7 Å². The minimum atomic E-state index is -0.548. The lowest BCUT2D eigenvalue weighted by Crippen LogP contribution is -2.19. The van der Waals surface area contributed by atoms with Crippen LogP contribution in [0.1, 0.15) is 10.5 Å². The normalized spacial score (nSPS) is 10.6. The molecule has 0 saturated carbocycles. The molecule has 0 saturated heterocycles. The average molecular weight is 515 g/mol. The SMILES string of the molecule is CNC(=O)c1cc(Oc2ccc3cc(NC(=O)Nc4ccc(Br)cc4F)sc3c2)ccn1. The molecule has 0 atom stereocenters. The fourth-order valence-electron chi connectivity index (χ4n) is 2.86. The lowest BCUT2D eigenvalue weighted by molar-refractivity contribution is 0.0958. The standard InChI is InChI=1S/C22H16BrFN4O3S/c1-25-21(29)18-10-15(6-7-26-18)31-14-4-2-12-8-20(32-19(12)11-14)28-22(30)27-17-5-3-13(23)9-16(17)24/h2-11H,1H3,(H,25,29)(H2,27,28,30). The van der Waals surface area contributed by atoms with E-state index in [1.54, 1.807) is 24.3 Å². The van der Waals surface area contributed by atoms with Gasteiger partial charge in [0, 0.05) is 28.5 Å². The van der Waals surface area contributed by atoms with Gasteiger partial charge in [-0.05, 0) is 53.9 Å². The molecular weight excluding hydrogens is 499 g/mol. The van der Waals surface area contributed by atoms with E-state index in [2.05, 4.69) is 36.9 Å². The number of nitrogens with zero attached hydrogens (tertiary/aromatic N) is 1. The van der Waals surface area contributed by atoms with Crippen LogP contribution in [0.4, 0.5) is 19.9 Å². The summed E-state index contributed by atoms with van der Waals surface area (Å²) in [6.07, 6.45) is 1.50. The van der Waals surface area contributed by atoms with Crippen molar-refractivity contribution in [3.05, 3.63) is 76.8 Å². The van der Waals surface area contributed by atoms with Gasteiger partial charge in [-0.3, -0.25) is 15.1 Å². The first-order chi connectivity index (χ1) is 15.4. The van der Waals surface area contributed by atoms with E-state index >= 15 is 0 Å². The third-order valence-corrected chi connectivity index (χ3v) is 5.84. The highest BCUT2D eigenvalue weighted by molar-refractivity contribution is 9.10. The zero-order valence-electron chi connectivity index (χ0n) is 16.6. The number of rotatable bonds is 5. The Morgan fingerprint density at radius 1 is 1.03 bits per heavy atom. The first-order valence-corrected chi connectivity index (χ1v) is 10.9. The number of hydrogen-bond acceptors (Lipinski definition) is 5. The molecule has 0 bridgehead atoms. The van der Waals surface area contributed by atoms with E-state index in [0.717, 1.165) is 10.1 Å². The average Bonchev–Trinajstić information content (AvgIpc) is 3.16. The Hall–Kier alpha value is -3.50. The van der Waals surface area contributed by atoms with Gasteiger partial charge < -0.3 is 15.4 Å². The molecule has 0 fully saturated rings. The molecule has 4 rings (SSSR count). The fourth-order valence-corrected chi connectivity index (χ4v) is 4.18. The number of ether oxygens (including phenoxy) is 1. The number of fused-ring (bicyclic) bond motifs is 1. The highest BCUT2D eigenvalue weighted by Gasteiger charge is 2.11. The van der Waals surface area contributed by atoms with Crippen LogP contribution >= 0.6 is 27.3 Å². The maximum atomic E-state index is 13.9. The number of carbonyl (C=O) groups excluding carboxylic acids is 2. The first-order valence-electron chi connectivity index (χ1n) is 9.34. The van der Waals surface area contributed by atoms with Gasteiger partial charge in [0.2, 0.25) is 0 Å². The fraction of sp³-hybridized carbons (Fsp3) is 0.0455.